The molecule has 0 aliphatic carbocycles. The van der Waals surface area contributed by atoms with Crippen LogP contribution in [0.2, 0.25) is 0 Å². The molecule has 0 aliphatic heterocycles. The Hall–Kier alpha value is -2.48. The van der Waals surface area contributed by atoms with Crippen molar-refractivity contribution in [3.63, 3.8) is 0 Å². The number of ketones is 1. The quantitative estimate of drug-likeness (QED) is 0.325. The summed E-state index contributed by atoms with van der Waals surface area (Å²) in [6, 6.07) is 16.6. The Morgan fingerprint density at radius 3 is 2.21 bits per heavy atom. The van der Waals surface area contributed by atoms with E-state index in [-0.39, 0.29) is 11.7 Å². The summed E-state index contributed by atoms with van der Waals surface area (Å²) < 4.78 is 0. The number of allylic oxidation sites excluding steroid dienone is 1. The number of benzene rings is 2. The van der Waals surface area contributed by atoms with Crippen molar-refractivity contribution < 1.29 is 4.79 Å². The highest BCUT2D eigenvalue weighted by molar-refractivity contribution is 6.05. The zero-order chi connectivity index (χ0) is 21.4. The summed E-state index contributed by atoms with van der Waals surface area (Å²) in [5.74, 6) is 0.614. The van der Waals surface area contributed by atoms with Gasteiger partial charge in [0.15, 0.2) is 5.78 Å². The monoisotopic (exact) mass is 389 g/mol. The maximum absolute atomic E-state index is 12.8. The Morgan fingerprint density at radius 1 is 0.966 bits per heavy atom. The number of aryl methyl sites for hydroxylation is 1. The Balaban J connectivity index is 2.53. The molecule has 0 N–H and O–H groups in total. The molecule has 0 aromatic heterocycles. The molecule has 0 aliphatic rings. The number of Topliss-reactive ketones (excluding diaryl/α,β-unsaturated/α-hetero) is 1. The first kappa shape index (κ1) is 22.8. The second-order valence-electron chi connectivity index (χ2n) is 7.91. The molecule has 0 fully saturated rings. The van der Waals surface area contributed by atoms with Gasteiger partial charge >= 0.3 is 0 Å². The molecule has 2 nitrogen and oxygen atoms in total. The maximum Gasteiger partial charge on any atom is 0.165 e. The fourth-order valence-electron chi connectivity index (χ4n) is 3.42. The molecule has 2 heteroatoms. The summed E-state index contributed by atoms with van der Waals surface area (Å²) >= 11 is 0. The molecule has 2 rings (SSSR count). The second kappa shape index (κ2) is 10.9. The van der Waals surface area contributed by atoms with Crippen molar-refractivity contribution in [2.24, 2.45) is 16.8 Å². The number of hydrogen-bond donors (Lipinski definition) is 0. The normalized spacial score (nSPS) is 13.6. The van der Waals surface area contributed by atoms with E-state index in [4.69, 9.17) is 4.99 Å². The molecule has 0 saturated carbocycles. The molecule has 1 unspecified atom stereocenters. The zero-order valence-corrected chi connectivity index (χ0v) is 18.8. The number of carbonyl (C=O) groups excluding carboxylic acids is 1. The van der Waals surface area contributed by atoms with E-state index in [1.54, 1.807) is 0 Å². The van der Waals surface area contributed by atoms with Gasteiger partial charge in [0.05, 0.1) is 11.4 Å². The third-order valence-electron chi connectivity index (χ3n) is 5.36. The lowest BCUT2D eigenvalue weighted by Crippen LogP contribution is -2.13. The lowest BCUT2D eigenvalue weighted by molar-refractivity contribution is 0.0926. The summed E-state index contributed by atoms with van der Waals surface area (Å²) in [4.78, 5) is 17.9. The second-order valence-corrected chi connectivity index (χ2v) is 7.91. The van der Waals surface area contributed by atoms with Crippen LogP contribution in [-0.2, 0) is 6.42 Å². The van der Waals surface area contributed by atoms with Crippen molar-refractivity contribution in [2.75, 3.05) is 0 Å². The summed E-state index contributed by atoms with van der Waals surface area (Å²) in [6.07, 6.45) is 4.79. The van der Waals surface area contributed by atoms with Gasteiger partial charge in [-0.05, 0) is 42.4 Å². The van der Waals surface area contributed by atoms with Gasteiger partial charge in [-0.3, -0.25) is 9.79 Å². The van der Waals surface area contributed by atoms with E-state index >= 15 is 0 Å². The van der Waals surface area contributed by atoms with Gasteiger partial charge in [-0.25, -0.2) is 0 Å². The van der Waals surface area contributed by atoms with Crippen molar-refractivity contribution >= 4 is 17.2 Å². The molecule has 0 saturated heterocycles. The minimum Gasteiger partial charge on any atom is -0.294 e. The Kier molecular flexibility index (Phi) is 8.57. The van der Waals surface area contributed by atoms with Crippen LogP contribution in [-0.4, -0.2) is 11.5 Å². The van der Waals surface area contributed by atoms with Crippen molar-refractivity contribution in [2.45, 2.75) is 60.8 Å². The average molecular weight is 390 g/mol. The summed E-state index contributed by atoms with van der Waals surface area (Å²) in [7, 11) is 0. The van der Waals surface area contributed by atoms with Gasteiger partial charge in [0.2, 0.25) is 0 Å². The highest BCUT2D eigenvalue weighted by Crippen LogP contribution is 2.25. The molecule has 0 heterocycles. The molecule has 154 valence electrons. The third-order valence-corrected chi connectivity index (χ3v) is 5.36. The van der Waals surface area contributed by atoms with Gasteiger partial charge in [0, 0.05) is 17.0 Å². The predicted octanol–water partition coefficient (Wildman–Crippen LogP) is 7.37. The average Bonchev–Trinajstić information content (AvgIpc) is 2.75. The highest BCUT2D eigenvalue weighted by atomic mass is 16.1. The van der Waals surface area contributed by atoms with Crippen LogP contribution in [0, 0.1) is 11.8 Å². The first-order valence-electron chi connectivity index (χ1n) is 10.9. The number of aliphatic imine (C=N–C) groups is 1. The molecule has 2 aromatic carbocycles. The van der Waals surface area contributed by atoms with Crippen molar-refractivity contribution in [1.82, 2.24) is 0 Å². The van der Waals surface area contributed by atoms with Gasteiger partial charge in [0.1, 0.15) is 0 Å². The van der Waals surface area contributed by atoms with E-state index in [1.807, 2.05) is 19.1 Å². The first-order valence-corrected chi connectivity index (χ1v) is 10.9. The van der Waals surface area contributed by atoms with Crippen LogP contribution in [0.3, 0.4) is 0 Å². The predicted molar refractivity (Wildman–Crippen MR) is 126 cm³/mol. The summed E-state index contributed by atoms with van der Waals surface area (Å²) in [5.41, 5.74) is 6.27. The lowest BCUT2D eigenvalue weighted by atomic mass is 9.91. The third kappa shape index (κ3) is 5.76. The van der Waals surface area contributed by atoms with Crippen LogP contribution in [0.25, 0.3) is 5.70 Å². The van der Waals surface area contributed by atoms with E-state index < -0.39 is 0 Å². The molecule has 29 heavy (non-hydrogen) atoms. The van der Waals surface area contributed by atoms with Gasteiger partial charge in [-0.1, -0.05) is 90.1 Å². The number of nitrogens with zero attached hydrogens (tertiary/aromatic N) is 1. The standard InChI is InChI=1S/C27H35NO/c1-7-13-25(28-26(19(4)5)22-14-11-10-12-15-22)23-16-17-24(21(9-3)18-23)27(29)20(6)8-2/h10-20H,7-9H2,1-6H3/b25-13+,28-26+. The first-order chi connectivity index (χ1) is 13.9. The topological polar surface area (TPSA) is 29.4 Å². The molecule has 1 atom stereocenters. The lowest BCUT2D eigenvalue weighted by Gasteiger charge is -2.15. The van der Waals surface area contributed by atoms with Gasteiger partial charge in [-0.2, -0.15) is 0 Å². The fourth-order valence-corrected chi connectivity index (χ4v) is 3.42. The molecule has 0 spiro atoms. The van der Waals surface area contributed by atoms with E-state index in [2.05, 4.69) is 77.1 Å². The molecular weight excluding hydrogens is 354 g/mol. The van der Waals surface area contributed by atoms with Crippen LogP contribution < -0.4 is 0 Å². The molecular formula is C27H35NO. The van der Waals surface area contributed by atoms with Gasteiger partial charge < -0.3 is 0 Å². The largest absolute Gasteiger partial charge is 0.294 e. The van der Waals surface area contributed by atoms with Crippen molar-refractivity contribution in [3.8, 4) is 0 Å². The maximum atomic E-state index is 12.8. The summed E-state index contributed by atoms with van der Waals surface area (Å²) in [5, 5.41) is 0. The van der Waals surface area contributed by atoms with Crippen LogP contribution >= 0.6 is 0 Å². The Bertz CT molecular complexity index is 875. The van der Waals surface area contributed by atoms with Crippen LogP contribution in [0.15, 0.2) is 59.6 Å². The SMILES string of the molecule is CC/C=C(/N=C(/c1ccccc1)C(C)C)c1ccc(C(=O)C(C)CC)c(CC)c1. The number of hydrogen-bond acceptors (Lipinski definition) is 2. The molecule has 0 amide bonds. The minimum atomic E-state index is 0.0560. The van der Waals surface area contributed by atoms with Crippen LogP contribution in [0.1, 0.15) is 81.4 Å². The Labute approximate surface area is 176 Å². The molecule has 2 aromatic rings. The van der Waals surface area contributed by atoms with Gasteiger partial charge in [-0.15, -0.1) is 0 Å². The fraction of sp³-hybridized carbons (Fsp3) is 0.407. The van der Waals surface area contributed by atoms with E-state index in [1.165, 1.54) is 0 Å². The smallest absolute Gasteiger partial charge is 0.165 e. The zero-order valence-electron chi connectivity index (χ0n) is 18.8. The Morgan fingerprint density at radius 2 is 1.66 bits per heavy atom. The van der Waals surface area contributed by atoms with Crippen molar-refractivity contribution in [1.29, 1.82) is 0 Å². The number of carbonyl (C=O) groups is 1. The van der Waals surface area contributed by atoms with Gasteiger partial charge in [0.25, 0.3) is 0 Å². The van der Waals surface area contributed by atoms with Crippen molar-refractivity contribution in [3.05, 3.63) is 76.9 Å². The molecule has 0 radical (unpaired) electrons. The van der Waals surface area contributed by atoms with E-state index in [9.17, 15) is 4.79 Å². The van der Waals surface area contributed by atoms with Crippen LogP contribution in [0.4, 0.5) is 0 Å². The number of rotatable bonds is 9. The van der Waals surface area contributed by atoms with E-state index in [0.29, 0.717) is 5.92 Å². The minimum absolute atomic E-state index is 0.0560. The highest BCUT2D eigenvalue weighted by Gasteiger charge is 2.18. The summed E-state index contributed by atoms with van der Waals surface area (Å²) in [6.45, 7) is 12.7. The van der Waals surface area contributed by atoms with E-state index in [0.717, 1.165) is 52.9 Å². The molecule has 0 bridgehead atoms. The van der Waals surface area contributed by atoms with Crippen LogP contribution in [0.5, 0.6) is 0 Å².